The summed E-state index contributed by atoms with van der Waals surface area (Å²) in [7, 11) is -0.941. The van der Waals surface area contributed by atoms with E-state index in [1.54, 1.807) is 24.3 Å². The molecule has 0 bridgehead atoms. The lowest BCUT2D eigenvalue weighted by Gasteiger charge is -2.47. The number of nitrogens with two attached hydrogens (primary N) is 2. The number of methoxy groups -OCH3 is 3. The van der Waals surface area contributed by atoms with Gasteiger partial charge in [0.25, 0.3) is 0 Å². The van der Waals surface area contributed by atoms with Crippen molar-refractivity contribution >= 4 is 14.5 Å². The summed E-state index contributed by atoms with van der Waals surface area (Å²) in [5, 5.41) is -1.97. The minimum Gasteiger partial charge on any atom is -0.494 e. The molecule has 9 nitrogen and oxygen atoms in total. The lowest BCUT2D eigenvalue weighted by molar-refractivity contribution is -0.262. The van der Waals surface area contributed by atoms with Gasteiger partial charge in [-0.05, 0) is 25.0 Å². The Morgan fingerprint density at radius 3 is 2.24 bits per heavy atom. The zero-order valence-electron chi connectivity index (χ0n) is 14.8. The van der Waals surface area contributed by atoms with Crippen molar-refractivity contribution in [1.82, 2.24) is 0 Å². The first kappa shape index (κ1) is 21.8. The Morgan fingerprint density at radius 1 is 1.12 bits per heavy atom. The van der Waals surface area contributed by atoms with E-state index in [2.05, 4.69) is 0 Å². The molecule has 0 radical (unpaired) electrons. The molecule has 1 unspecified atom stereocenters. The fraction of sp³-hybridized carbons (Fsp3) is 0.600. The predicted molar refractivity (Wildman–Crippen MR) is 93.5 cm³/mol. The Balaban J connectivity index is 2.85. The Kier molecular flexibility index (Phi) is 7.78. The van der Waals surface area contributed by atoms with Gasteiger partial charge in [-0.3, -0.25) is 0 Å². The van der Waals surface area contributed by atoms with Crippen LogP contribution in [-0.4, -0.2) is 68.7 Å². The Labute approximate surface area is 148 Å². The smallest absolute Gasteiger partial charge is 0.494 e. The van der Waals surface area contributed by atoms with Gasteiger partial charge in [-0.2, -0.15) is 0 Å². The maximum absolute atomic E-state index is 9.97. The van der Waals surface area contributed by atoms with E-state index in [1.165, 1.54) is 21.3 Å². The first-order valence-electron chi connectivity index (χ1n) is 7.69. The van der Waals surface area contributed by atoms with Crippen LogP contribution in [0.1, 0.15) is 12.8 Å². The van der Waals surface area contributed by atoms with Crippen molar-refractivity contribution < 1.29 is 33.3 Å². The third-order valence-electron chi connectivity index (χ3n) is 4.11. The molecule has 1 rings (SSSR count). The van der Waals surface area contributed by atoms with Crippen molar-refractivity contribution in [2.45, 2.75) is 23.8 Å². The van der Waals surface area contributed by atoms with E-state index in [0.717, 1.165) is 0 Å². The van der Waals surface area contributed by atoms with Gasteiger partial charge in [0.15, 0.2) is 0 Å². The molecule has 0 heterocycles. The van der Waals surface area contributed by atoms with Crippen molar-refractivity contribution in [2.75, 3.05) is 40.3 Å². The monoisotopic (exact) mass is 376 g/mol. The molecule has 1 atom stereocenters. The second-order valence-electron chi connectivity index (χ2n) is 5.73. The minimum absolute atomic E-state index is 0.0456. The molecule has 0 amide bonds. The topological polar surface area (TPSA) is 150 Å². The Morgan fingerprint density at radius 2 is 1.76 bits per heavy atom. The second kappa shape index (κ2) is 8.92. The molecule has 1 aromatic carbocycles. The van der Waals surface area contributed by atoms with Gasteiger partial charge in [0, 0.05) is 33.1 Å². The zero-order chi connectivity index (χ0) is 19.1. The first-order chi connectivity index (χ1) is 11.7. The highest BCUT2D eigenvalue weighted by Crippen LogP contribution is 2.34. The van der Waals surface area contributed by atoms with E-state index in [9.17, 15) is 14.4 Å². The van der Waals surface area contributed by atoms with Gasteiger partial charge in [-0.15, -0.1) is 0 Å². The Hall–Kier alpha value is -1.24. The molecule has 0 aromatic heterocycles. The van der Waals surface area contributed by atoms with Gasteiger partial charge in [0.1, 0.15) is 17.5 Å². The summed E-state index contributed by atoms with van der Waals surface area (Å²) in [5.41, 5.74) is 12.4. The summed E-state index contributed by atoms with van der Waals surface area (Å²) < 4.78 is 21.1. The number of ether oxygens (including phenoxy) is 4. The molecule has 10 heteroatoms. The van der Waals surface area contributed by atoms with Crippen molar-refractivity contribution in [1.29, 1.82) is 0 Å². The van der Waals surface area contributed by atoms with Crippen LogP contribution in [-0.2, 0) is 14.2 Å². The molecule has 25 heavy (non-hydrogen) atoms. The highest BCUT2D eigenvalue weighted by Gasteiger charge is 2.65. The van der Waals surface area contributed by atoms with Crippen molar-refractivity contribution in [2.24, 2.45) is 5.73 Å². The maximum atomic E-state index is 9.97. The summed E-state index contributed by atoms with van der Waals surface area (Å²) in [4.78, 5) is 29.9. The van der Waals surface area contributed by atoms with Crippen LogP contribution in [0.3, 0.4) is 0 Å². The van der Waals surface area contributed by atoms with E-state index >= 15 is 0 Å². The quantitative estimate of drug-likeness (QED) is 0.145. The van der Waals surface area contributed by atoms with E-state index < -0.39 is 19.8 Å². The van der Waals surface area contributed by atoms with Gasteiger partial charge < -0.3 is 44.8 Å². The molecule has 7 N–H and O–H groups in total. The first-order valence-corrected chi connectivity index (χ1v) is 9.53. The fourth-order valence-electron chi connectivity index (χ4n) is 2.64. The second-order valence-corrected chi connectivity index (χ2v) is 7.89. The average molecular weight is 376 g/mol. The molecule has 0 saturated carbocycles. The number of benzene rings is 1. The standard InChI is InChI=1S/C15H28N2O7Si/c1-21-11-15(22-2,23-3)14(17,25(18,19)20)8-5-9-24-13-7-4-6-12(16)10-13/h4,6-7,10,18-20H,5,8-9,11,16-17H2,1-3H3. The van der Waals surface area contributed by atoms with Crippen LogP contribution < -0.4 is 16.2 Å². The third kappa shape index (κ3) is 4.89. The number of hydrogen-bond acceptors (Lipinski definition) is 9. The van der Waals surface area contributed by atoms with Gasteiger partial charge in [0.05, 0.1) is 6.61 Å². The van der Waals surface area contributed by atoms with Crippen molar-refractivity contribution in [3.05, 3.63) is 24.3 Å². The molecule has 0 saturated heterocycles. The van der Waals surface area contributed by atoms with Gasteiger partial charge in [0.2, 0.25) is 5.79 Å². The summed E-state index contributed by atoms with van der Waals surface area (Å²) in [6.45, 7) is 0.00633. The van der Waals surface area contributed by atoms with Gasteiger partial charge in [-0.1, -0.05) is 6.07 Å². The minimum atomic E-state index is -4.89. The molecule has 0 aliphatic rings. The van der Waals surface area contributed by atoms with Crippen LogP contribution >= 0.6 is 0 Å². The van der Waals surface area contributed by atoms with Crippen LogP contribution in [0.4, 0.5) is 5.69 Å². The SMILES string of the molecule is COCC(OC)(OC)C(N)(CCCOc1cccc(N)c1)[Si](O)(O)O. The lowest BCUT2D eigenvalue weighted by Crippen LogP contribution is -2.79. The van der Waals surface area contributed by atoms with E-state index in [4.69, 9.17) is 30.4 Å². The van der Waals surface area contributed by atoms with Crippen molar-refractivity contribution in [3.8, 4) is 5.75 Å². The zero-order valence-corrected chi connectivity index (χ0v) is 15.8. The molecule has 0 fully saturated rings. The van der Waals surface area contributed by atoms with Crippen LogP contribution in [0.5, 0.6) is 5.75 Å². The van der Waals surface area contributed by atoms with E-state index in [-0.39, 0.29) is 19.6 Å². The lowest BCUT2D eigenvalue weighted by atomic mass is 10.0. The third-order valence-corrected chi connectivity index (χ3v) is 5.94. The summed E-state index contributed by atoms with van der Waals surface area (Å²) in [6, 6.07) is 6.90. The molecule has 0 aliphatic carbocycles. The summed E-state index contributed by atoms with van der Waals surface area (Å²) in [5.74, 6) is -1.16. The van der Waals surface area contributed by atoms with Crippen molar-refractivity contribution in [3.63, 3.8) is 0 Å². The molecule has 0 aliphatic heterocycles. The van der Waals surface area contributed by atoms with Crippen LogP contribution in [0.2, 0.25) is 0 Å². The molecular formula is C15H28N2O7Si. The van der Waals surface area contributed by atoms with Crippen LogP contribution in [0.15, 0.2) is 24.3 Å². The van der Waals surface area contributed by atoms with E-state index in [1.807, 2.05) is 0 Å². The molecule has 0 spiro atoms. The molecule has 144 valence electrons. The van der Waals surface area contributed by atoms with Gasteiger partial charge in [-0.25, -0.2) is 0 Å². The van der Waals surface area contributed by atoms with Crippen LogP contribution in [0.25, 0.3) is 0 Å². The highest BCUT2D eigenvalue weighted by atomic mass is 28.4. The predicted octanol–water partition coefficient (Wildman–Crippen LogP) is -0.784. The number of hydrogen-bond donors (Lipinski definition) is 5. The largest absolute Gasteiger partial charge is 0.519 e. The van der Waals surface area contributed by atoms with E-state index in [0.29, 0.717) is 17.9 Å². The molecular weight excluding hydrogens is 348 g/mol. The maximum Gasteiger partial charge on any atom is 0.519 e. The fourth-order valence-corrected chi connectivity index (χ4v) is 3.94. The summed E-state index contributed by atoms with van der Waals surface area (Å²) >= 11 is 0. The summed E-state index contributed by atoms with van der Waals surface area (Å²) in [6.07, 6.45) is 0.246. The Bertz CT molecular complexity index is 537. The van der Waals surface area contributed by atoms with Gasteiger partial charge >= 0.3 is 8.80 Å². The normalized spacial score (nSPS) is 15.0. The number of anilines is 1. The average Bonchev–Trinajstić information content (AvgIpc) is 2.55. The highest BCUT2D eigenvalue weighted by molar-refractivity contribution is 6.60. The molecule has 1 aromatic rings. The number of nitrogen functional groups attached to an aromatic ring is 1. The van der Waals surface area contributed by atoms with Crippen LogP contribution in [0, 0.1) is 0 Å². The number of rotatable bonds is 11.